The van der Waals surface area contributed by atoms with Crippen molar-refractivity contribution in [2.45, 2.75) is 0 Å². The Labute approximate surface area is 140 Å². The lowest BCUT2D eigenvalue weighted by molar-refractivity contribution is -0.116. The Kier molecular flexibility index (Phi) is 4.20. The van der Waals surface area contributed by atoms with Crippen LogP contribution in [0, 0.1) is 0 Å². The number of carbonyl (C=O) groups is 2. The number of aromatic nitrogens is 3. The van der Waals surface area contributed by atoms with Gasteiger partial charge in [-0.3, -0.25) is 9.59 Å². The molecule has 3 aromatic rings. The van der Waals surface area contributed by atoms with Crippen LogP contribution < -0.4 is 22.1 Å². The average Bonchev–Trinajstić information content (AvgIpc) is 3.00. The molecule has 0 atom stereocenters. The molecule has 0 saturated carbocycles. The predicted octanol–water partition coefficient (Wildman–Crippen LogP) is 0.826. The van der Waals surface area contributed by atoms with Crippen molar-refractivity contribution in [1.82, 2.24) is 15.0 Å². The molecule has 0 saturated heterocycles. The molecule has 3 rings (SSSR count). The summed E-state index contributed by atoms with van der Waals surface area (Å²) in [5, 5.41) is 5.68. The Morgan fingerprint density at radius 1 is 1.21 bits per heavy atom. The smallest absolute Gasteiger partial charge is 0.254 e. The number of primary amides is 2. The van der Waals surface area contributed by atoms with Crippen LogP contribution in [0.3, 0.4) is 0 Å². The number of thiazole rings is 1. The van der Waals surface area contributed by atoms with Gasteiger partial charge in [0.05, 0.1) is 22.3 Å². The van der Waals surface area contributed by atoms with E-state index in [0.717, 1.165) is 10.2 Å². The molecule has 0 aliphatic carbocycles. The summed E-state index contributed by atoms with van der Waals surface area (Å²) in [6, 6.07) is 5.58. The fourth-order valence-electron chi connectivity index (χ4n) is 1.98. The molecule has 0 aliphatic rings. The Hall–Kier alpha value is -3.27. The Morgan fingerprint density at radius 2 is 2.04 bits per heavy atom. The normalized spacial score (nSPS) is 10.5. The number of fused-ring (bicyclic) bond motifs is 1. The largest absolute Gasteiger partial charge is 0.368 e. The number of nitrogens with one attached hydrogen (secondary N) is 2. The van der Waals surface area contributed by atoms with E-state index in [1.807, 2.05) is 18.2 Å². The number of hydrogen-bond acceptors (Lipinski definition) is 8. The first-order valence-corrected chi connectivity index (χ1v) is 7.70. The molecule has 24 heavy (non-hydrogen) atoms. The minimum Gasteiger partial charge on any atom is -0.368 e. The van der Waals surface area contributed by atoms with Crippen LogP contribution in [-0.4, -0.2) is 33.3 Å². The second kappa shape index (κ2) is 6.46. The molecule has 0 spiro atoms. The highest BCUT2D eigenvalue weighted by molar-refractivity contribution is 7.16. The molecule has 2 amide bonds. The summed E-state index contributed by atoms with van der Waals surface area (Å²) in [7, 11) is 0. The van der Waals surface area contributed by atoms with E-state index in [4.69, 9.17) is 11.5 Å². The number of amides is 2. The molecule has 9 nitrogen and oxygen atoms in total. The highest BCUT2D eigenvalue weighted by Crippen LogP contribution is 2.25. The Balaban J connectivity index is 1.92. The van der Waals surface area contributed by atoms with Crippen molar-refractivity contribution < 1.29 is 9.59 Å². The van der Waals surface area contributed by atoms with Gasteiger partial charge >= 0.3 is 0 Å². The van der Waals surface area contributed by atoms with Crippen molar-refractivity contribution in [1.29, 1.82) is 0 Å². The van der Waals surface area contributed by atoms with Crippen LogP contribution in [0.15, 0.2) is 29.9 Å². The molecular weight excluding hydrogens is 330 g/mol. The highest BCUT2D eigenvalue weighted by Gasteiger charge is 2.13. The third-order valence-electron chi connectivity index (χ3n) is 3.07. The van der Waals surface area contributed by atoms with Crippen LogP contribution in [0.25, 0.3) is 10.2 Å². The van der Waals surface area contributed by atoms with Crippen molar-refractivity contribution in [2.75, 3.05) is 17.2 Å². The molecule has 2 aromatic heterocycles. The van der Waals surface area contributed by atoms with Crippen LogP contribution >= 0.6 is 11.3 Å². The number of benzene rings is 1. The molecule has 10 heteroatoms. The number of carbonyl (C=O) groups excluding carboxylic acids is 2. The van der Waals surface area contributed by atoms with E-state index in [-0.39, 0.29) is 23.9 Å². The lowest BCUT2D eigenvalue weighted by Crippen LogP contribution is -2.23. The molecule has 0 radical (unpaired) electrons. The zero-order valence-electron chi connectivity index (χ0n) is 12.3. The predicted molar refractivity (Wildman–Crippen MR) is 91.1 cm³/mol. The van der Waals surface area contributed by atoms with Crippen LogP contribution in [0.2, 0.25) is 0 Å². The minimum atomic E-state index is -0.673. The van der Waals surface area contributed by atoms with E-state index < -0.39 is 11.8 Å². The van der Waals surface area contributed by atoms with E-state index in [1.54, 1.807) is 5.51 Å². The van der Waals surface area contributed by atoms with Crippen molar-refractivity contribution >= 4 is 50.8 Å². The first-order valence-electron chi connectivity index (χ1n) is 6.82. The van der Waals surface area contributed by atoms with Crippen LogP contribution in [0.4, 0.5) is 17.5 Å². The van der Waals surface area contributed by atoms with Crippen molar-refractivity contribution in [3.63, 3.8) is 0 Å². The maximum absolute atomic E-state index is 11.6. The van der Waals surface area contributed by atoms with Gasteiger partial charge < -0.3 is 22.1 Å². The molecule has 1 aromatic carbocycles. The van der Waals surface area contributed by atoms with Gasteiger partial charge in [0.15, 0.2) is 0 Å². The van der Waals surface area contributed by atoms with Gasteiger partial charge in [-0.2, -0.15) is 4.98 Å². The lowest BCUT2D eigenvalue weighted by Gasteiger charge is -2.11. The SMILES string of the molecule is NC(=O)CNc1ncc(C(N)=O)c(Nc2ccc3scnc3c2)n1. The second-order valence-electron chi connectivity index (χ2n) is 4.80. The summed E-state index contributed by atoms with van der Waals surface area (Å²) < 4.78 is 1.04. The van der Waals surface area contributed by atoms with Gasteiger partial charge in [-0.05, 0) is 18.2 Å². The van der Waals surface area contributed by atoms with Crippen molar-refractivity contribution in [3.05, 3.63) is 35.5 Å². The number of anilines is 3. The van der Waals surface area contributed by atoms with Crippen molar-refractivity contribution in [3.8, 4) is 0 Å². The summed E-state index contributed by atoms with van der Waals surface area (Å²) in [4.78, 5) is 34.7. The quantitative estimate of drug-likeness (QED) is 0.517. The van der Waals surface area contributed by atoms with Crippen LogP contribution in [0.1, 0.15) is 10.4 Å². The third kappa shape index (κ3) is 3.38. The lowest BCUT2D eigenvalue weighted by atomic mass is 10.2. The molecule has 0 unspecified atom stereocenters. The van der Waals surface area contributed by atoms with Crippen LogP contribution in [0.5, 0.6) is 0 Å². The summed E-state index contributed by atoms with van der Waals surface area (Å²) in [6.07, 6.45) is 1.28. The molecule has 122 valence electrons. The second-order valence-corrected chi connectivity index (χ2v) is 5.69. The molecule has 0 aliphatic heterocycles. The fourth-order valence-corrected chi connectivity index (χ4v) is 2.64. The summed E-state index contributed by atoms with van der Waals surface area (Å²) in [5.74, 6) is -0.857. The van der Waals surface area contributed by atoms with E-state index in [2.05, 4.69) is 25.6 Å². The maximum atomic E-state index is 11.6. The summed E-state index contributed by atoms with van der Waals surface area (Å²) >= 11 is 1.53. The number of rotatable bonds is 6. The monoisotopic (exact) mass is 343 g/mol. The number of nitrogens with two attached hydrogens (primary N) is 2. The summed E-state index contributed by atoms with van der Waals surface area (Å²) in [5.41, 5.74) is 13.8. The Bertz CT molecular complexity index is 924. The van der Waals surface area contributed by atoms with E-state index >= 15 is 0 Å². The Morgan fingerprint density at radius 3 is 2.79 bits per heavy atom. The topological polar surface area (TPSA) is 149 Å². The molecular formula is C14H13N7O2S. The van der Waals surface area contributed by atoms with E-state index in [9.17, 15) is 9.59 Å². The molecule has 0 fully saturated rings. The average molecular weight is 343 g/mol. The molecule has 6 N–H and O–H groups in total. The zero-order valence-corrected chi connectivity index (χ0v) is 13.1. The van der Waals surface area contributed by atoms with Gasteiger partial charge in [-0.25, -0.2) is 9.97 Å². The molecule has 0 bridgehead atoms. The van der Waals surface area contributed by atoms with Gasteiger partial charge in [-0.15, -0.1) is 11.3 Å². The van der Waals surface area contributed by atoms with Crippen molar-refractivity contribution in [2.24, 2.45) is 11.5 Å². The van der Waals surface area contributed by atoms with E-state index in [0.29, 0.717) is 5.69 Å². The maximum Gasteiger partial charge on any atom is 0.254 e. The van der Waals surface area contributed by atoms with Crippen LogP contribution in [-0.2, 0) is 4.79 Å². The number of nitrogens with zero attached hydrogens (tertiary/aromatic N) is 3. The van der Waals surface area contributed by atoms with Gasteiger partial charge in [0.25, 0.3) is 5.91 Å². The van der Waals surface area contributed by atoms with Gasteiger partial charge in [0, 0.05) is 11.9 Å². The fraction of sp³-hybridized carbons (Fsp3) is 0.0714. The van der Waals surface area contributed by atoms with E-state index in [1.165, 1.54) is 17.5 Å². The molecule has 2 heterocycles. The zero-order chi connectivity index (χ0) is 17.1. The van der Waals surface area contributed by atoms with Gasteiger partial charge in [0.1, 0.15) is 11.4 Å². The third-order valence-corrected chi connectivity index (χ3v) is 3.88. The first-order chi connectivity index (χ1) is 11.5. The minimum absolute atomic E-state index is 0.123. The van der Waals surface area contributed by atoms with Gasteiger partial charge in [0.2, 0.25) is 11.9 Å². The highest BCUT2D eigenvalue weighted by atomic mass is 32.1. The van der Waals surface area contributed by atoms with Gasteiger partial charge in [-0.1, -0.05) is 0 Å². The first kappa shape index (κ1) is 15.6. The summed E-state index contributed by atoms with van der Waals surface area (Å²) in [6.45, 7) is -0.125. The number of hydrogen-bond donors (Lipinski definition) is 4. The standard InChI is InChI=1S/C14H13N7O2S/c15-11(22)5-18-14-17-4-8(12(16)23)13(21-14)20-7-1-2-10-9(3-7)19-6-24-10/h1-4,6H,5H2,(H2,15,22)(H2,16,23)(H2,17,18,20,21).